The van der Waals surface area contributed by atoms with Gasteiger partial charge in [0.05, 0.1) is 24.5 Å². The minimum atomic E-state index is -4.60. The van der Waals surface area contributed by atoms with Crippen LogP contribution in [0.25, 0.3) is 11.3 Å². The second kappa shape index (κ2) is 10.7. The van der Waals surface area contributed by atoms with Gasteiger partial charge >= 0.3 is 6.18 Å². The topological polar surface area (TPSA) is 102 Å². The number of piperidine rings is 1. The third-order valence-electron chi connectivity index (χ3n) is 7.10. The Balaban J connectivity index is 1.39. The highest BCUT2D eigenvalue weighted by atomic mass is 19.4. The van der Waals surface area contributed by atoms with Crippen LogP contribution in [0.1, 0.15) is 31.2 Å². The number of pyridine rings is 1. The quantitative estimate of drug-likeness (QED) is 0.632. The Morgan fingerprint density at radius 3 is 2.31 bits per heavy atom. The number of morpholine rings is 1. The number of aromatic nitrogens is 3. The van der Waals surface area contributed by atoms with Crippen molar-refractivity contribution in [2.24, 2.45) is 0 Å². The second-order valence-electron chi connectivity index (χ2n) is 9.49. The zero-order valence-corrected chi connectivity index (χ0v) is 20.1. The smallest absolute Gasteiger partial charge is 0.384 e. The molecule has 196 valence electrons. The molecule has 0 aliphatic carbocycles. The second-order valence-corrected chi connectivity index (χ2v) is 9.49. The first-order valence-electron chi connectivity index (χ1n) is 12.5. The lowest BCUT2D eigenvalue weighted by Gasteiger charge is -2.39. The van der Waals surface area contributed by atoms with Gasteiger partial charge in [-0.05, 0) is 31.7 Å². The summed E-state index contributed by atoms with van der Waals surface area (Å²) in [5.41, 5.74) is 4.76. The molecule has 36 heavy (non-hydrogen) atoms. The Morgan fingerprint density at radius 2 is 1.61 bits per heavy atom. The van der Waals surface area contributed by atoms with E-state index in [0.29, 0.717) is 44.1 Å². The normalized spacial score (nSPS) is 21.0. The SMILES string of the molecule is Nc1cc(C(F)(F)F)c(-c2cc(NC3CCN(C4CCOCC4)CC3)nc(N3CCOCC3)n2)cn1. The van der Waals surface area contributed by atoms with Crippen molar-refractivity contribution >= 4 is 17.6 Å². The van der Waals surface area contributed by atoms with E-state index in [4.69, 9.17) is 15.2 Å². The monoisotopic (exact) mass is 507 g/mol. The summed E-state index contributed by atoms with van der Waals surface area (Å²) < 4.78 is 52.5. The molecule has 3 fully saturated rings. The van der Waals surface area contributed by atoms with Crippen molar-refractivity contribution in [2.45, 2.75) is 43.9 Å². The summed E-state index contributed by atoms with van der Waals surface area (Å²) in [5.74, 6) is 0.696. The molecule has 0 atom stereocenters. The van der Waals surface area contributed by atoms with Gasteiger partial charge in [0.15, 0.2) is 0 Å². The average molecular weight is 508 g/mol. The third-order valence-corrected chi connectivity index (χ3v) is 7.10. The number of halogens is 3. The number of anilines is 3. The van der Waals surface area contributed by atoms with Crippen molar-refractivity contribution in [1.29, 1.82) is 0 Å². The van der Waals surface area contributed by atoms with Crippen molar-refractivity contribution < 1.29 is 22.6 Å². The maximum absolute atomic E-state index is 13.9. The van der Waals surface area contributed by atoms with Crippen LogP contribution in [0.15, 0.2) is 18.3 Å². The predicted molar refractivity (Wildman–Crippen MR) is 130 cm³/mol. The van der Waals surface area contributed by atoms with Crippen molar-refractivity contribution in [3.8, 4) is 11.3 Å². The molecule has 3 aliphatic heterocycles. The molecule has 0 aromatic carbocycles. The molecule has 0 spiro atoms. The van der Waals surface area contributed by atoms with Gasteiger partial charge in [0.25, 0.3) is 0 Å². The standard InChI is InChI=1S/C24H32F3N7O2/c25-24(26,27)19-13-21(28)29-15-18(19)20-14-22(32-23(31-20)34-7-11-36-12-8-34)30-16-1-5-33(6-2-16)17-3-9-35-10-4-17/h13-17H,1-12H2,(H2,28,29)(H,30,31,32). The number of nitrogens with two attached hydrogens (primary N) is 1. The third kappa shape index (κ3) is 5.81. The Morgan fingerprint density at radius 1 is 0.917 bits per heavy atom. The lowest BCUT2D eigenvalue weighted by atomic mass is 9.99. The lowest BCUT2D eigenvalue weighted by molar-refractivity contribution is -0.137. The minimum absolute atomic E-state index is 0.119. The maximum atomic E-state index is 13.9. The van der Waals surface area contributed by atoms with E-state index in [9.17, 15) is 13.2 Å². The Bertz CT molecular complexity index is 1030. The molecule has 0 saturated carbocycles. The molecule has 0 amide bonds. The van der Waals surface area contributed by atoms with Crippen LogP contribution in [0.5, 0.6) is 0 Å². The van der Waals surface area contributed by atoms with Crippen LogP contribution in [0.3, 0.4) is 0 Å². The van der Waals surface area contributed by atoms with Crippen LogP contribution < -0.4 is 16.0 Å². The van der Waals surface area contributed by atoms with E-state index in [-0.39, 0.29) is 23.1 Å². The highest BCUT2D eigenvalue weighted by Gasteiger charge is 2.35. The summed E-state index contributed by atoms with van der Waals surface area (Å²) in [5, 5.41) is 3.48. The first-order valence-corrected chi connectivity index (χ1v) is 12.5. The summed E-state index contributed by atoms with van der Waals surface area (Å²) in [6.07, 6.45) is 0.531. The van der Waals surface area contributed by atoms with E-state index in [1.165, 1.54) is 0 Å². The van der Waals surface area contributed by atoms with Crippen LogP contribution >= 0.6 is 0 Å². The Labute approximate surface area is 208 Å². The molecule has 0 radical (unpaired) electrons. The van der Waals surface area contributed by atoms with Crippen LogP contribution in [-0.4, -0.2) is 84.5 Å². The molecule has 0 bridgehead atoms. The van der Waals surface area contributed by atoms with Gasteiger partial charge in [-0.2, -0.15) is 18.2 Å². The number of nitrogens with zero attached hydrogens (tertiary/aromatic N) is 5. The molecule has 0 unspecified atom stereocenters. The van der Waals surface area contributed by atoms with E-state index < -0.39 is 11.7 Å². The van der Waals surface area contributed by atoms with Gasteiger partial charge in [-0.25, -0.2) is 9.97 Å². The molecule has 3 aliphatic rings. The first kappa shape index (κ1) is 25.0. The summed E-state index contributed by atoms with van der Waals surface area (Å²) in [4.78, 5) is 17.6. The van der Waals surface area contributed by atoms with Gasteiger partial charge in [0.2, 0.25) is 5.95 Å². The highest BCUT2D eigenvalue weighted by Crippen LogP contribution is 2.38. The molecule has 3 N–H and O–H groups in total. The van der Waals surface area contributed by atoms with Crippen molar-refractivity contribution in [3.05, 3.63) is 23.9 Å². The number of hydrogen-bond acceptors (Lipinski definition) is 9. The van der Waals surface area contributed by atoms with E-state index in [1.54, 1.807) is 6.07 Å². The fraction of sp³-hybridized carbons (Fsp3) is 0.625. The van der Waals surface area contributed by atoms with Gasteiger partial charge in [-0.15, -0.1) is 0 Å². The lowest BCUT2D eigenvalue weighted by Crippen LogP contribution is -2.46. The number of nitrogen functional groups attached to an aromatic ring is 1. The molecular weight excluding hydrogens is 475 g/mol. The predicted octanol–water partition coefficient (Wildman–Crippen LogP) is 3.03. The number of rotatable bonds is 5. The Kier molecular flexibility index (Phi) is 7.44. The minimum Gasteiger partial charge on any atom is -0.384 e. The fourth-order valence-electron chi connectivity index (χ4n) is 5.13. The summed E-state index contributed by atoms with van der Waals surface area (Å²) in [6.45, 7) is 5.73. The van der Waals surface area contributed by atoms with Crippen molar-refractivity contribution in [3.63, 3.8) is 0 Å². The van der Waals surface area contributed by atoms with Crippen LogP contribution in [0.4, 0.5) is 30.8 Å². The van der Waals surface area contributed by atoms with Gasteiger partial charge in [0, 0.05) is 69.3 Å². The van der Waals surface area contributed by atoms with Crippen LogP contribution in [0, 0.1) is 0 Å². The van der Waals surface area contributed by atoms with E-state index in [2.05, 4.69) is 25.2 Å². The fourth-order valence-corrected chi connectivity index (χ4v) is 5.13. The average Bonchev–Trinajstić information content (AvgIpc) is 2.89. The van der Waals surface area contributed by atoms with E-state index in [1.807, 2.05) is 4.90 Å². The zero-order valence-electron chi connectivity index (χ0n) is 20.1. The maximum Gasteiger partial charge on any atom is 0.417 e. The molecule has 2 aromatic heterocycles. The molecule has 2 aromatic rings. The molecule has 5 rings (SSSR count). The largest absolute Gasteiger partial charge is 0.417 e. The van der Waals surface area contributed by atoms with E-state index >= 15 is 0 Å². The summed E-state index contributed by atoms with van der Waals surface area (Å²) in [6, 6.07) is 3.17. The van der Waals surface area contributed by atoms with Gasteiger partial charge in [-0.1, -0.05) is 0 Å². The first-order chi connectivity index (χ1) is 17.4. The zero-order chi connectivity index (χ0) is 25.1. The summed E-state index contributed by atoms with van der Waals surface area (Å²) in [7, 11) is 0. The number of nitrogens with one attached hydrogen (secondary N) is 1. The summed E-state index contributed by atoms with van der Waals surface area (Å²) >= 11 is 0. The van der Waals surface area contributed by atoms with Gasteiger partial charge in [-0.3, -0.25) is 0 Å². The van der Waals surface area contributed by atoms with Crippen molar-refractivity contribution in [2.75, 3.05) is 68.6 Å². The van der Waals surface area contributed by atoms with E-state index in [0.717, 1.165) is 64.2 Å². The molecular formula is C24H32F3N7O2. The molecule has 9 nitrogen and oxygen atoms in total. The number of likely N-dealkylation sites (tertiary alicyclic amines) is 1. The Hall–Kier alpha value is -2.70. The highest BCUT2D eigenvalue weighted by molar-refractivity contribution is 5.69. The van der Waals surface area contributed by atoms with Gasteiger partial charge < -0.3 is 30.3 Å². The van der Waals surface area contributed by atoms with Crippen LogP contribution in [-0.2, 0) is 15.7 Å². The van der Waals surface area contributed by atoms with Gasteiger partial charge in [0.1, 0.15) is 11.6 Å². The molecule has 12 heteroatoms. The van der Waals surface area contributed by atoms with Crippen LogP contribution in [0.2, 0.25) is 0 Å². The number of alkyl halides is 3. The molecule has 5 heterocycles. The number of hydrogen-bond donors (Lipinski definition) is 2. The molecule has 3 saturated heterocycles. The van der Waals surface area contributed by atoms with Crippen molar-refractivity contribution in [1.82, 2.24) is 19.9 Å². The number of ether oxygens (including phenoxy) is 2.